The minimum Gasteiger partial charge on any atom is -0.445 e. The third-order valence-corrected chi connectivity index (χ3v) is 3.94. The fraction of sp³-hybridized carbons (Fsp3) is 0.500. The Hall–Kier alpha value is -2.39. The number of carbonyl (C=O) groups is 2. The molecule has 1 aromatic carbocycles. The van der Waals surface area contributed by atoms with Crippen molar-refractivity contribution in [3.63, 3.8) is 0 Å². The second kappa shape index (κ2) is 7.88. The first-order chi connectivity index (χ1) is 12.1. The highest BCUT2D eigenvalue weighted by atomic mass is 19.4. The van der Waals surface area contributed by atoms with E-state index in [1.165, 1.54) is 5.32 Å². The van der Waals surface area contributed by atoms with Gasteiger partial charge in [0.25, 0.3) is 5.92 Å². The maximum Gasteiger partial charge on any atom is 0.471 e. The first-order valence-electron chi connectivity index (χ1n) is 7.81. The van der Waals surface area contributed by atoms with Crippen molar-refractivity contribution in [1.29, 1.82) is 0 Å². The number of amides is 2. The molecular formula is C16H17F5N2O3. The van der Waals surface area contributed by atoms with E-state index in [1.54, 1.807) is 30.3 Å². The van der Waals surface area contributed by atoms with Gasteiger partial charge < -0.3 is 15.0 Å². The van der Waals surface area contributed by atoms with Crippen molar-refractivity contribution >= 4 is 12.0 Å². The third-order valence-electron chi connectivity index (χ3n) is 3.94. The molecule has 5 nitrogen and oxygen atoms in total. The Morgan fingerprint density at radius 2 is 1.85 bits per heavy atom. The molecule has 1 heterocycles. The Balaban J connectivity index is 1.94. The maximum absolute atomic E-state index is 14.0. The summed E-state index contributed by atoms with van der Waals surface area (Å²) in [4.78, 5) is 23.9. The van der Waals surface area contributed by atoms with Crippen LogP contribution in [0.1, 0.15) is 18.4 Å². The Bertz CT molecular complexity index is 637. The number of hydrogen-bond donors (Lipinski definition) is 1. The SMILES string of the molecule is O=C(OCc1ccccc1)N1CC[C@H](NC(=O)C(F)(F)F)C(F)(F)CC1. The average Bonchev–Trinajstić information content (AvgIpc) is 2.72. The number of benzene rings is 1. The summed E-state index contributed by atoms with van der Waals surface area (Å²) >= 11 is 0. The van der Waals surface area contributed by atoms with E-state index in [0.717, 1.165) is 4.90 Å². The summed E-state index contributed by atoms with van der Waals surface area (Å²) in [7, 11) is 0. The molecule has 0 unspecified atom stereocenters. The van der Waals surface area contributed by atoms with Crippen LogP contribution in [0.3, 0.4) is 0 Å². The van der Waals surface area contributed by atoms with E-state index in [0.29, 0.717) is 5.56 Å². The lowest BCUT2D eigenvalue weighted by atomic mass is 10.1. The summed E-state index contributed by atoms with van der Waals surface area (Å²) in [5, 5.41) is 1.31. The number of likely N-dealkylation sites (tertiary alicyclic amines) is 1. The molecule has 1 aliphatic rings. The summed E-state index contributed by atoms with van der Waals surface area (Å²) in [6, 6.07) is 6.67. The Morgan fingerprint density at radius 3 is 2.46 bits per heavy atom. The van der Waals surface area contributed by atoms with Crippen LogP contribution >= 0.6 is 0 Å². The molecule has 1 fully saturated rings. The van der Waals surface area contributed by atoms with Crippen molar-refractivity contribution in [3.8, 4) is 0 Å². The maximum atomic E-state index is 14.0. The van der Waals surface area contributed by atoms with Crippen LogP contribution in [-0.2, 0) is 16.1 Å². The van der Waals surface area contributed by atoms with Gasteiger partial charge in [-0.05, 0) is 12.0 Å². The number of carbonyl (C=O) groups excluding carboxylic acids is 2. The molecule has 0 radical (unpaired) electrons. The van der Waals surface area contributed by atoms with Crippen LogP contribution in [0, 0.1) is 0 Å². The monoisotopic (exact) mass is 380 g/mol. The van der Waals surface area contributed by atoms with Gasteiger partial charge in [-0.1, -0.05) is 30.3 Å². The number of halogens is 5. The van der Waals surface area contributed by atoms with Gasteiger partial charge in [0, 0.05) is 19.5 Å². The molecule has 1 atom stereocenters. The summed E-state index contributed by atoms with van der Waals surface area (Å²) in [6.07, 6.45) is -7.49. The molecule has 2 rings (SSSR count). The van der Waals surface area contributed by atoms with Crippen LogP contribution < -0.4 is 5.32 Å². The third kappa shape index (κ3) is 5.30. The number of rotatable bonds is 3. The second-order valence-electron chi connectivity index (χ2n) is 5.85. The molecule has 0 aromatic heterocycles. The zero-order valence-electron chi connectivity index (χ0n) is 13.6. The van der Waals surface area contributed by atoms with Gasteiger partial charge in [-0.25, -0.2) is 13.6 Å². The van der Waals surface area contributed by atoms with Gasteiger partial charge in [0.2, 0.25) is 0 Å². The van der Waals surface area contributed by atoms with E-state index in [-0.39, 0.29) is 19.7 Å². The molecule has 144 valence electrons. The van der Waals surface area contributed by atoms with Crippen LogP contribution in [-0.4, -0.2) is 48.1 Å². The van der Waals surface area contributed by atoms with E-state index in [4.69, 9.17) is 4.74 Å². The molecule has 1 N–H and O–H groups in total. The smallest absolute Gasteiger partial charge is 0.445 e. The van der Waals surface area contributed by atoms with Gasteiger partial charge in [-0.3, -0.25) is 4.79 Å². The molecule has 2 amide bonds. The lowest BCUT2D eigenvalue weighted by Crippen LogP contribution is -2.51. The molecule has 1 aliphatic heterocycles. The number of ether oxygens (including phenoxy) is 1. The Labute approximate surface area is 146 Å². The van der Waals surface area contributed by atoms with Crippen molar-refractivity contribution in [2.45, 2.75) is 37.6 Å². The molecule has 0 saturated carbocycles. The molecule has 1 saturated heterocycles. The van der Waals surface area contributed by atoms with Crippen molar-refractivity contribution < 1.29 is 36.3 Å². The van der Waals surface area contributed by atoms with E-state index >= 15 is 0 Å². The van der Waals surface area contributed by atoms with Gasteiger partial charge in [0.05, 0.1) is 6.04 Å². The van der Waals surface area contributed by atoms with Crippen LogP contribution in [0.2, 0.25) is 0 Å². The van der Waals surface area contributed by atoms with Crippen LogP contribution in [0.25, 0.3) is 0 Å². The highest BCUT2D eigenvalue weighted by molar-refractivity contribution is 5.82. The number of alkyl halides is 5. The zero-order valence-corrected chi connectivity index (χ0v) is 13.6. The van der Waals surface area contributed by atoms with E-state index in [9.17, 15) is 31.5 Å². The minimum atomic E-state index is -5.25. The van der Waals surface area contributed by atoms with Crippen LogP contribution in [0.5, 0.6) is 0 Å². The van der Waals surface area contributed by atoms with Crippen molar-refractivity contribution in [2.75, 3.05) is 13.1 Å². The van der Waals surface area contributed by atoms with E-state index in [2.05, 4.69) is 0 Å². The molecule has 0 aliphatic carbocycles. The Morgan fingerprint density at radius 1 is 1.19 bits per heavy atom. The summed E-state index contributed by atoms with van der Waals surface area (Å²) in [5.41, 5.74) is 0.705. The summed E-state index contributed by atoms with van der Waals surface area (Å²) in [6.45, 7) is -0.703. The normalized spacial score (nSPS) is 20.2. The van der Waals surface area contributed by atoms with Gasteiger partial charge in [0.15, 0.2) is 0 Å². The average molecular weight is 380 g/mol. The molecule has 10 heteroatoms. The number of nitrogens with one attached hydrogen (secondary N) is 1. The lowest BCUT2D eigenvalue weighted by Gasteiger charge is -2.25. The van der Waals surface area contributed by atoms with Gasteiger partial charge >= 0.3 is 18.2 Å². The van der Waals surface area contributed by atoms with Gasteiger partial charge in [-0.2, -0.15) is 13.2 Å². The van der Waals surface area contributed by atoms with Crippen molar-refractivity contribution in [2.24, 2.45) is 0 Å². The zero-order chi connectivity index (χ0) is 19.4. The van der Waals surface area contributed by atoms with E-state index < -0.39 is 43.0 Å². The second-order valence-corrected chi connectivity index (χ2v) is 5.85. The highest BCUT2D eigenvalue weighted by Gasteiger charge is 2.47. The topological polar surface area (TPSA) is 58.6 Å². The van der Waals surface area contributed by atoms with Crippen molar-refractivity contribution in [3.05, 3.63) is 35.9 Å². The molecule has 0 bridgehead atoms. The molecule has 0 spiro atoms. The van der Waals surface area contributed by atoms with E-state index in [1.807, 2.05) is 0 Å². The first-order valence-corrected chi connectivity index (χ1v) is 7.81. The summed E-state index contributed by atoms with van der Waals surface area (Å²) in [5.74, 6) is -6.00. The van der Waals surface area contributed by atoms with Crippen LogP contribution in [0.15, 0.2) is 30.3 Å². The van der Waals surface area contributed by atoms with Gasteiger partial charge in [0.1, 0.15) is 6.61 Å². The van der Waals surface area contributed by atoms with Crippen molar-refractivity contribution in [1.82, 2.24) is 10.2 Å². The van der Waals surface area contributed by atoms with Crippen LogP contribution in [0.4, 0.5) is 26.7 Å². The summed E-state index contributed by atoms with van der Waals surface area (Å²) < 4.78 is 69.9. The standard InChI is InChI=1S/C16H17F5N2O3/c17-15(18)7-9-23(8-6-12(15)22-13(24)16(19,20)21)14(25)26-10-11-4-2-1-3-5-11/h1-5,12H,6-10H2,(H,22,24)/t12-/m0/s1. The fourth-order valence-electron chi connectivity index (χ4n) is 2.48. The predicted molar refractivity (Wildman–Crippen MR) is 80.4 cm³/mol. The fourth-order valence-corrected chi connectivity index (χ4v) is 2.48. The number of hydrogen-bond acceptors (Lipinski definition) is 3. The Kier molecular flexibility index (Phi) is 6.04. The first kappa shape index (κ1) is 19.9. The predicted octanol–water partition coefficient (Wildman–Crippen LogP) is 3.10. The number of nitrogens with zero attached hydrogens (tertiary/aromatic N) is 1. The lowest BCUT2D eigenvalue weighted by molar-refractivity contribution is -0.177. The highest BCUT2D eigenvalue weighted by Crippen LogP contribution is 2.30. The minimum absolute atomic E-state index is 0.0548. The molecule has 26 heavy (non-hydrogen) atoms. The molecule has 1 aromatic rings. The van der Waals surface area contributed by atoms with Gasteiger partial charge in [-0.15, -0.1) is 0 Å². The molecular weight excluding hydrogens is 363 g/mol. The largest absolute Gasteiger partial charge is 0.471 e. The quantitative estimate of drug-likeness (QED) is 0.820.